The summed E-state index contributed by atoms with van der Waals surface area (Å²) >= 11 is 7.14. The van der Waals surface area contributed by atoms with Crippen molar-refractivity contribution in [3.05, 3.63) is 62.5 Å². The average molecular weight is 547 g/mol. The third-order valence-electron chi connectivity index (χ3n) is 5.50. The molecule has 0 bridgehead atoms. The molecule has 37 heavy (non-hydrogen) atoms. The first-order valence-corrected chi connectivity index (χ1v) is 12.3. The zero-order chi connectivity index (χ0) is 27.3. The predicted octanol–water partition coefficient (Wildman–Crippen LogP) is 5.73. The molecule has 0 unspecified atom stereocenters. The van der Waals surface area contributed by atoms with Crippen molar-refractivity contribution in [2.45, 2.75) is 20.8 Å². The van der Waals surface area contributed by atoms with E-state index in [1.807, 2.05) is 0 Å². The van der Waals surface area contributed by atoms with Crippen LogP contribution in [-0.2, 0) is 4.74 Å². The molecular weight excluding hydrogens is 520 g/mol. The van der Waals surface area contributed by atoms with Crippen LogP contribution in [0.25, 0.3) is 0 Å². The molecule has 3 aromatic rings. The summed E-state index contributed by atoms with van der Waals surface area (Å²) in [6.07, 6.45) is 0. The lowest BCUT2D eigenvalue weighted by molar-refractivity contribution is 0.0527. The maximum absolute atomic E-state index is 13.2. The van der Waals surface area contributed by atoms with E-state index in [1.54, 1.807) is 39.0 Å². The van der Waals surface area contributed by atoms with Crippen LogP contribution in [-0.4, -0.2) is 45.7 Å². The topological polar surface area (TPSA) is 112 Å². The van der Waals surface area contributed by atoms with E-state index in [0.29, 0.717) is 27.6 Å². The van der Waals surface area contributed by atoms with Gasteiger partial charge in [-0.3, -0.25) is 9.59 Å². The molecule has 0 aliphatic carbocycles. The van der Waals surface area contributed by atoms with Crippen LogP contribution in [0.2, 0.25) is 5.02 Å². The maximum Gasteiger partial charge on any atom is 0.341 e. The highest BCUT2D eigenvalue weighted by Gasteiger charge is 2.28. The number of hydrogen-bond donors (Lipinski definition) is 2. The van der Waals surface area contributed by atoms with E-state index in [0.717, 1.165) is 11.3 Å². The molecule has 2 aromatic carbocycles. The number of anilines is 2. The molecular formula is C26H27ClN2O7S. The Morgan fingerprint density at radius 2 is 1.57 bits per heavy atom. The second-order valence-electron chi connectivity index (χ2n) is 7.72. The van der Waals surface area contributed by atoms with Gasteiger partial charge in [-0.1, -0.05) is 17.7 Å². The van der Waals surface area contributed by atoms with Crippen LogP contribution >= 0.6 is 22.9 Å². The van der Waals surface area contributed by atoms with Gasteiger partial charge in [-0.15, -0.1) is 11.3 Å². The Hall–Kier alpha value is -3.76. The van der Waals surface area contributed by atoms with E-state index < -0.39 is 17.8 Å². The summed E-state index contributed by atoms with van der Waals surface area (Å²) < 4.78 is 21.2. The van der Waals surface area contributed by atoms with Crippen LogP contribution in [0.4, 0.5) is 10.7 Å². The fourth-order valence-electron chi connectivity index (χ4n) is 3.58. The molecule has 0 saturated carbocycles. The predicted molar refractivity (Wildman–Crippen MR) is 143 cm³/mol. The first-order chi connectivity index (χ1) is 17.7. The second kappa shape index (κ2) is 12.0. The number of methoxy groups -OCH3 is 3. The SMILES string of the molecule is CCOC(=O)c1c(NC(=O)c2cc(OC)c(OC)c(OC)c2)sc(C(=O)Nc2cccc(Cl)c2C)c1C. The Morgan fingerprint density at radius 3 is 2.14 bits per heavy atom. The second-order valence-corrected chi connectivity index (χ2v) is 9.14. The molecule has 3 rings (SSSR count). The van der Waals surface area contributed by atoms with Gasteiger partial charge in [-0.2, -0.15) is 0 Å². The average Bonchev–Trinajstić information content (AvgIpc) is 3.21. The monoisotopic (exact) mass is 546 g/mol. The molecule has 1 heterocycles. The van der Waals surface area contributed by atoms with Gasteiger partial charge in [0.15, 0.2) is 11.5 Å². The van der Waals surface area contributed by atoms with Gasteiger partial charge in [0.05, 0.1) is 38.4 Å². The largest absolute Gasteiger partial charge is 0.493 e. The number of esters is 1. The first-order valence-electron chi connectivity index (χ1n) is 11.1. The van der Waals surface area contributed by atoms with Crippen molar-refractivity contribution < 1.29 is 33.3 Å². The first kappa shape index (κ1) is 27.8. The molecule has 0 fully saturated rings. The van der Waals surface area contributed by atoms with Crippen LogP contribution in [0, 0.1) is 13.8 Å². The number of carbonyl (C=O) groups excluding carboxylic acids is 3. The number of rotatable bonds is 9. The van der Waals surface area contributed by atoms with Crippen molar-refractivity contribution in [2.75, 3.05) is 38.6 Å². The number of carbonyl (C=O) groups is 3. The van der Waals surface area contributed by atoms with Crippen LogP contribution < -0.4 is 24.8 Å². The highest BCUT2D eigenvalue weighted by atomic mass is 35.5. The van der Waals surface area contributed by atoms with Gasteiger partial charge in [-0.05, 0) is 56.2 Å². The van der Waals surface area contributed by atoms with Crippen LogP contribution in [0.15, 0.2) is 30.3 Å². The van der Waals surface area contributed by atoms with Crippen LogP contribution in [0.1, 0.15) is 48.4 Å². The Kier molecular flexibility index (Phi) is 9.01. The van der Waals surface area contributed by atoms with E-state index in [1.165, 1.54) is 33.5 Å². The minimum atomic E-state index is -0.658. The van der Waals surface area contributed by atoms with Gasteiger partial charge < -0.3 is 29.6 Å². The number of thiophene rings is 1. The van der Waals surface area contributed by atoms with Gasteiger partial charge in [0, 0.05) is 16.3 Å². The lowest BCUT2D eigenvalue weighted by Gasteiger charge is -2.14. The molecule has 2 N–H and O–H groups in total. The Labute approximate surface area is 223 Å². The summed E-state index contributed by atoms with van der Waals surface area (Å²) in [5, 5.41) is 6.23. The summed E-state index contributed by atoms with van der Waals surface area (Å²) in [6, 6.07) is 8.13. The maximum atomic E-state index is 13.2. The molecule has 1 aromatic heterocycles. The molecule has 9 nitrogen and oxygen atoms in total. The molecule has 0 aliphatic heterocycles. The molecule has 0 aliphatic rings. The zero-order valence-corrected chi connectivity index (χ0v) is 22.8. The van der Waals surface area contributed by atoms with Gasteiger partial charge in [0.1, 0.15) is 5.00 Å². The molecule has 0 atom stereocenters. The lowest BCUT2D eigenvalue weighted by atomic mass is 10.1. The quantitative estimate of drug-likeness (QED) is 0.330. The lowest BCUT2D eigenvalue weighted by Crippen LogP contribution is -2.15. The molecule has 0 spiro atoms. The third kappa shape index (κ3) is 5.81. The molecule has 196 valence electrons. The fourth-order valence-corrected chi connectivity index (χ4v) is 4.84. The minimum Gasteiger partial charge on any atom is -0.493 e. The number of benzene rings is 2. The molecule has 0 radical (unpaired) electrons. The smallest absolute Gasteiger partial charge is 0.341 e. The van der Waals surface area contributed by atoms with Gasteiger partial charge in [-0.25, -0.2) is 4.79 Å². The molecule has 11 heteroatoms. The van der Waals surface area contributed by atoms with Crippen molar-refractivity contribution in [2.24, 2.45) is 0 Å². The fraction of sp³-hybridized carbons (Fsp3) is 0.269. The van der Waals surface area contributed by atoms with Crippen LogP contribution in [0.3, 0.4) is 0 Å². The Balaban J connectivity index is 2.01. The zero-order valence-electron chi connectivity index (χ0n) is 21.2. The van der Waals surface area contributed by atoms with Gasteiger partial charge in [0.25, 0.3) is 11.8 Å². The Bertz CT molecular complexity index is 1330. The van der Waals surface area contributed by atoms with Crippen LogP contribution in [0.5, 0.6) is 17.2 Å². The summed E-state index contributed by atoms with van der Waals surface area (Å²) in [4.78, 5) is 39.5. The van der Waals surface area contributed by atoms with Crippen molar-refractivity contribution in [1.29, 1.82) is 0 Å². The van der Waals surface area contributed by atoms with Crippen molar-refractivity contribution in [3.8, 4) is 17.2 Å². The number of hydrogen-bond acceptors (Lipinski definition) is 8. The number of amides is 2. The van der Waals surface area contributed by atoms with E-state index >= 15 is 0 Å². The number of ether oxygens (including phenoxy) is 4. The van der Waals surface area contributed by atoms with E-state index in [9.17, 15) is 14.4 Å². The summed E-state index contributed by atoms with van der Waals surface area (Å²) in [6.45, 7) is 5.20. The highest BCUT2D eigenvalue weighted by molar-refractivity contribution is 7.19. The summed E-state index contributed by atoms with van der Waals surface area (Å²) in [5.74, 6) is -0.755. The number of nitrogens with one attached hydrogen (secondary N) is 2. The van der Waals surface area contributed by atoms with Crippen molar-refractivity contribution in [1.82, 2.24) is 0 Å². The van der Waals surface area contributed by atoms with Gasteiger partial charge in [0.2, 0.25) is 5.75 Å². The van der Waals surface area contributed by atoms with Gasteiger partial charge >= 0.3 is 5.97 Å². The third-order valence-corrected chi connectivity index (χ3v) is 7.12. The van der Waals surface area contributed by atoms with E-state index in [2.05, 4.69) is 10.6 Å². The Morgan fingerprint density at radius 1 is 0.919 bits per heavy atom. The van der Waals surface area contributed by atoms with Crippen molar-refractivity contribution in [3.63, 3.8) is 0 Å². The standard InChI is InChI=1S/C26H27ClN2O7S/c1-7-36-26(32)20-14(3)22(24(31)28-17-10-8-9-16(27)13(17)2)37-25(20)29-23(30)15-11-18(33-4)21(35-6)19(12-15)34-5/h8-12H,7H2,1-6H3,(H,28,31)(H,29,30). The molecule has 0 saturated heterocycles. The van der Waals surface area contributed by atoms with E-state index in [4.69, 9.17) is 30.5 Å². The van der Waals surface area contributed by atoms with Crippen molar-refractivity contribution >= 4 is 51.4 Å². The number of halogens is 1. The summed E-state index contributed by atoms with van der Waals surface area (Å²) in [5.41, 5.74) is 1.90. The van der Waals surface area contributed by atoms with E-state index in [-0.39, 0.29) is 39.1 Å². The summed E-state index contributed by atoms with van der Waals surface area (Å²) in [7, 11) is 4.33. The highest BCUT2D eigenvalue weighted by Crippen LogP contribution is 2.39. The molecule has 2 amide bonds. The minimum absolute atomic E-state index is 0.0978. The normalized spacial score (nSPS) is 10.5.